The highest BCUT2D eigenvalue weighted by Crippen LogP contribution is 2.34. The molecule has 0 aliphatic carbocycles. The minimum absolute atomic E-state index is 0.219. The molecule has 5 nitrogen and oxygen atoms in total. The standard InChI is InChI=1S/C51H38N2O3/c54-51(42-19-11-18-40(31-42)36-13-3-1-4-14-36)53-50(39-16-5-2-6-17-39)52-34-35-29-43(37-20-12-28-55-47-22-9-7-15-38(47)25-24-37)32-44(30-35)41-26-27-49-46(33-41)45-21-8-10-23-48(45)56-49/h1-24,26-27,29-33H,25,28,34H2,(H,52,53,54). The average Bonchev–Trinajstić information content (AvgIpc) is 3.68. The van der Waals surface area contributed by atoms with Gasteiger partial charge >= 0.3 is 0 Å². The Morgan fingerprint density at radius 2 is 1.30 bits per heavy atom. The maximum absolute atomic E-state index is 13.9. The van der Waals surface area contributed by atoms with Crippen molar-refractivity contribution in [1.82, 2.24) is 5.32 Å². The van der Waals surface area contributed by atoms with Gasteiger partial charge in [-0.2, -0.15) is 0 Å². The Labute approximate surface area is 325 Å². The monoisotopic (exact) mass is 726 g/mol. The molecule has 0 saturated carbocycles. The number of ether oxygens (including phenoxy) is 1. The molecule has 7 aromatic carbocycles. The number of carbonyl (C=O) groups is 1. The number of nitrogens with one attached hydrogen (secondary N) is 1. The lowest BCUT2D eigenvalue weighted by Gasteiger charge is -2.13. The summed E-state index contributed by atoms with van der Waals surface area (Å²) in [5.74, 6) is 1.19. The normalized spacial score (nSPS) is 12.9. The predicted molar refractivity (Wildman–Crippen MR) is 228 cm³/mol. The number of hydrogen-bond donors (Lipinski definition) is 1. The fraction of sp³-hybridized carbons (Fsp3) is 0.0588. The highest BCUT2D eigenvalue weighted by atomic mass is 16.5. The second kappa shape index (κ2) is 15.6. The van der Waals surface area contributed by atoms with Crippen molar-refractivity contribution in [2.24, 2.45) is 4.99 Å². The summed E-state index contributed by atoms with van der Waals surface area (Å²) in [6, 6.07) is 57.0. The van der Waals surface area contributed by atoms with E-state index in [0.717, 1.165) is 84.2 Å². The molecule has 8 aromatic rings. The Morgan fingerprint density at radius 1 is 0.589 bits per heavy atom. The number of amidine groups is 1. The Kier molecular flexibility index (Phi) is 9.63. The number of aliphatic imine (C=N–C) groups is 1. The molecule has 270 valence electrons. The minimum Gasteiger partial charge on any atom is -0.489 e. The molecule has 9 rings (SSSR count). The summed E-state index contributed by atoms with van der Waals surface area (Å²) in [5.41, 5.74) is 11.6. The first-order valence-electron chi connectivity index (χ1n) is 18.8. The molecule has 0 spiro atoms. The van der Waals surface area contributed by atoms with Crippen LogP contribution in [-0.4, -0.2) is 18.3 Å². The van der Waals surface area contributed by atoms with Gasteiger partial charge in [0, 0.05) is 21.9 Å². The molecule has 0 atom stereocenters. The maximum Gasteiger partial charge on any atom is 0.256 e. The zero-order valence-corrected chi connectivity index (χ0v) is 30.7. The van der Waals surface area contributed by atoms with Crippen LogP contribution < -0.4 is 10.1 Å². The zero-order chi connectivity index (χ0) is 37.7. The van der Waals surface area contributed by atoms with Gasteiger partial charge in [0.2, 0.25) is 0 Å². The third kappa shape index (κ3) is 7.43. The van der Waals surface area contributed by atoms with Crippen LogP contribution in [0.1, 0.15) is 32.6 Å². The molecular formula is C51H38N2O3. The third-order valence-electron chi connectivity index (χ3n) is 10.1. The summed E-state index contributed by atoms with van der Waals surface area (Å²) in [5, 5.41) is 5.31. The van der Waals surface area contributed by atoms with E-state index in [1.165, 1.54) is 0 Å². The van der Waals surface area contributed by atoms with E-state index in [4.69, 9.17) is 14.1 Å². The molecule has 0 radical (unpaired) electrons. The van der Waals surface area contributed by atoms with Crippen LogP contribution in [0, 0.1) is 0 Å². The quantitative estimate of drug-likeness (QED) is 0.131. The maximum atomic E-state index is 13.9. The number of allylic oxidation sites excluding steroid dienone is 3. The smallest absolute Gasteiger partial charge is 0.256 e. The van der Waals surface area contributed by atoms with Crippen LogP contribution in [0.3, 0.4) is 0 Å². The summed E-state index contributed by atoms with van der Waals surface area (Å²) in [7, 11) is 0. The number of furan rings is 1. The van der Waals surface area contributed by atoms with E-state index in [0.29, 0.717) is 24.6 Å². The second-order valence-electron chi connectivity index (χ2n) is 13.8. The SMILES string of the molecule is O=C(NC(=NCc1cc(C2=CCc3ccccc3OCC=C2)cc(-c2ccc3oc4ccccc4c3c2)c1)c1ccccc1)c1cccc(-c2ccccc2)c1. The van der Waals surface area contributed by atoms with Crippen molar-refractivity contribution in [2.75, 3.05) is 6.61 Å². The average molecular weight is 727 g/mol. The van der Waals surface area contributed by atoms with Gasteiger partial charge < -0.3 is 14.5 Å². The van der Waals surface area contributed by atoms with E-state index >= 15 is 0 Å². The molecule has 56 heavy (non-hydrogen) atoms. The highest BCUT2D eigenvalue weighted by Gasteiger charge is 2.15. The van der Waals surface area contributed by atoms with Crippen molar-refractivity contribution < 1.29 is 13.9 Å². The molecule has 0 saturated heterocycles. The van der Waals surface area contributed by atoms with Crippen molar-refractivity contribution in [3.05, 3.63) is 216 Å². The second-order valence-corrected chi connectivity index (χ2v) is 13.8. The topological polar surface area (TPSA) is 63.8 Å². The number of amides is 1. The molecular weight excluding hydrogens is 689 g/mol. The first-order chi connectivity index (χ1) is 27.6. The van der Waals surface area contributed by atoms with E-state index in [-0.39, 0.29) is 5.91 Å². The summed E-state index contributed by atoms with van der Waals surface area (Å²) in [6.45, 7) is 0.818. The number of para-hydroxylation sites is 2. The minimum atomic E-state index is -0.219. The van der Waals surface area contributed by atoms with Crippen molar-refractivity contribution in [1.29, 1.82) is 0 Å². The van der Waals surface area contributed by atoms with Crippen LogP contribution in [0.5, 0.6) is 5.75 Å². The number of rotatable bonds is 7. The van der Waals surface area contributed by atoms with Crippen molar-refractivity contribution in [2.45, 2.75) is 13.0 Å². The fourth-order valence-corrected chi connectivity index (χ4v) is 7.27. The lowest BCUT2D eigenvalue weighted by atomic mass is 9.94. The summed E-state index contributed by atoms with van der Waals surface area (Å²) >= 11 is 0. The van der Waals surface area contributed by atoms with Gasteiger partial charge in [-0.05, 0) is 112 Å². The number of nitrogens with zero attached hydrogens (tertiary/aromatic N) is 1. The lowest BCUT2D eigenvalue weighted by Crippen LogP contribution is -2.31. The summed E-state index contributed by atoms with van der Waals surface area (Å²) in [6.07, 6.45) is 7.21. The summed E-state index contributed by atoms with van der Waals surface area (Å²) < 4.78 is 12.3. The molecule has 1 amide bonds. The van der Waals surface area contributed by atoms with E-state index in [9.17, 15) is 4.79 Å². The fourth-order valence-electron chi connectivity index (χ4n) is 7.27. The van der Waals surface area contributed by atoms with E-state index in [2.05, 4.69) is 78.1 Å². The van der Waals surface area contributed by atoms with Crippen LogP contribution in [0.25, 0.3) is 49.8 Å². The van der Waals surface area contributed by atoms with Gasteiger partial charge in [0.1, 0.15) is 29.4 Å². The Morgan fingerprint density at radius 3 is 2.20 bits per heavy atom. The number of carbonyl (C=O) groups excluding carboxylic acids is 1. The molecule has 1 aromatic heterocycles. The number of hydrogen-bond acceptors (Lipinski definition) is 4. The molecule has 0 fully saturated rings. The first-order valence-corrected chi connectivity index (χ1v) is 18.8. The first kappa shape index (κ1) is 34.5. The molecule has 1 N–H and O–H groups in total. The van der Waals surface area contributed by atoms with Gasteiger partial charge in [0.05, 0.1) is 6.54 Å². The van der Waals surface area contributed by atoms with Crippen molar-refractivity contribution >= 4 is 39.3 Å². The predicted octanol–water partition coefficient (Wildman–Crippen LogP) is 11.9. The number of fused-ring (bicyclic) bond motifs is 4. The van der Waals surface area contributed by atoms with E-state index in [1.54, 1.807) is 0 Å². The highest BCUT2D eigenvalue weighted by molar-refractivity contribution is 6.13. The van der Waals surface area contributed by atoms with E-state index < -0.39 is 0 Å². The summed E-state index contributed by atoms with van der Waals surface area (Å²) in [4.78, 5) is 19.0. The van der Waals surface area contributed by atoms with Gasteiger partial charge in [-0.3, -0.25) is 9.79 Å². The molecule has 5 heteroatoms. The van der Waals surface area contributed by atoms with Crippen LogP contribution in [0.15, 0.2) is 197 Å². The van der Waals surface area contributed by atoms with Gasteiger partial charge in [-0.1, -0.05) is 127 Å². The number of benzene rings is 7. The van der Waals surface area contributed by atoms with Gasteiger partial charge in [-0.15, -0.1) is 0 Å². The van der Waals surface area contributed by atoms with Crippen molar-refractivity contribution in [3.63, 3.8) is 0 Å². The largest absolute Gasteiger partial charge is 0.489 e. The Hall–Kier alpha value is -7.24. The van der Waals surface area contributed by atoms with Gasteiger partial charge in [0.25, 0.3) is 5.91 Å². The third-order valence-corrected chi connectivity index (χ3v) is 10.1. The van der Waals surface area contributed by atoms with Gasteiger partial charge in [-0.25, -0.2) is 0 Å². The van der Waals surface area contributed by atoms with E-state index in [1.807, 2.05) is 115 Å². The van der Waals surface area contributed by atoms with Crippen LogP contribution >= 0.6 is 0 Å². The van der Waals surface area contributed by atoms with Gasteiger partial charge in [0.15, 0.2) is 0 Å². The van der Waals surface area contributed by atoms with Crippen LogP contribution in [0.4, 0.5) is 0 Å². The molecule has 1 aliphatic rings. The molecule has 1 aliphatic heterocycles. The van der Waals surface area contributed by atoms with Crippen molar-refractivity contribution in [3.8, 4) is 28.0 Å². The molecule has 0 unspecified atom stereocenters. The zero-order valence-electron chi connectivity index (χ0n) is 30.7. The molecule has 0 bridgehead atoms. The van der Waals surface area contributed by atoms with Crippen LogP contribution in [0.2, 0.25) is 0 Å². The lowest BCUT2D eigenvalue weighted by molar-refractivity contribution is 0.0977. The molecule has 2 heterocycles. The Balaban J connectivity index is 1.11. The van der Waals surface area contributed by atoms with Crippen LogP contribution in [-0.2, 0) is 13.0 Å². The Bertz CT molecular complexity index is 2790.